The first-order valence-corrected chi connectivity index (χ1v) is 6.03. The molecule has 0 aliphatic rings. The van der Waals surface area contributed by atoms with Crippen LogP contribution >= 0.6 is 11.6 Å². The van der Waals surface area contributed by atoms with Gasteiger partial charge in [0, 0.05) is 10.6 Å². The maximum atomic E-state index is 12.8. The van der Waals surface area contributed by atoms with Crippen LogP contribution in [0.3, 0.4) is 0 Å². The van der Waals surface area contributed by atoms with Crippen LogP contribution in [0.5, 0.6) is 0 Å². The van der Waals surface area contributed by atoms with Crippen molar-refractivity contribution < 1.29 is 16.7 Å². The van der Waals surface area contributed by atoms with E-state index >= 15 is 0 Å². The Morgan fingerprint density at radius 2 is 1.75 bits per heavy atom. The smallest absolute Gasteiger partial charge is 0.366 e. The van der Waals surface area contributed by atoms with Crippen molar-refractivity contribution in [2.75, 3.05) is 0 Å². The van der Waals surface area contributed by atoms with Crippen molar-refractivity contribution in [2.24, 2.45) is 0 Å². The minimum atomic E-state index is -4.85. The molecule has 0 N–H and O–H groups in total. The molecular weight excluding hydrogens is 255 g/mol. The molecule has 0 aliphatic heterocycles. The molecular formula is C10H6ClFO3S. The van der Waals surface area contributed by atoms with Crippen molar-refractivity contribution in [3.05, 3.63) is 41.6 Å². The number of rotatable bonds is 2. The fourth-order valence-electron chi connectivity index (χ4n) is 1.33. The van der Waals surface area contributed by atoms with Crippen LogP contribution in [-0.4, -0.2) is 8.42 Å². The average Bonchev–Trinajstić information content (AvgIpc) is 2.66. The number of hydrogen-bond acceptors (Lipinski definition) is 3. The van der Waals surface area contributed by atoms with E-state index in [4.69, 9.17) is 11.6 Å². The minimum absolute atomic E-state index is 0.180. The summed E-state index contributed by atoms with van der Waals surface area (Å²) in [6.45, 7) is 0. The van der Waals surface area contributed by atoms with E-state index in [9.17, 15) is 12.3 Å². The van der Waals surface area contributed by atoms with E-state index in [2.05, 4.69) is 4.42 Å². The Morgan fingerprint density at radius 1 is 1.12 bits per heavy atom. The van der Waals surface area contributed by atoms with E-state index in [1.165, 1.54) is 6.07 Å². The first-order chi connectivity index (χ1) is 7.48. The van der Waals surface area contributed by atoms with Gasteiger partial charge < -0.3 is 4.42 Å². The standard InChI is InChI=1S/C10H6ClFO3S/c11-8-3-1-7(2-4-8)9-5-6-15-10(9)16(12,13)14/h1-6H. The molecule has 1 aromatic heterocycles. The third-order valence-corrected chi connectivity index (χ3v) is 3.02. The monoisotopic (exact) mass is 260 g/mol. The second kappa shape index (κ2) is 3.92. The highest BCUT2D eigenvalue weighted by Gasteiger charge is 2.22. The molecule has 6 heteroatoms. The molecule has 0 atom stereocenters. The van der Waals surface area contributed by atoms with Gasteiger partial charge in [0.1, 0.15) is 0 Å². The molecule has 0 saturated carbocycles. The van der Waals surface area contributed by atoms with Gasteiger partial charge >= 0.3 is 10.2 Å². The Hall–Kier alpha value is -1.33. The predicted octanol–water partition coefficient (Wildman–Crippen LogP) is 3.26. The summed E-state index contributed by atoms with van der Waals surface area (Å²) in [7, 11) is -4.85. The van der Waals surface area contributed by atoms with Crippen molar-refractivity contribution in [1.82, 2.24) is 0 Å². The molecule has 1 aromatic carbocycles. The van der Waals surface area contributed by atoms with Crippen LogP contribution in [0.4, 0.5) is 3.89 Å². The van der Waals surface area contributed by atoms with Gasteiger partial charge in [-0.3, -0.25) is 0 Å². The summed E-state index contributed by atoms with van der Waals surface area (Å²) in [6, 6.07) is 7.72. The summed E-state index contributed by atoms with van der Waals surface area (Å²) in [4.78, 5) is 0. The van der Waals surface area contributed by atoms with Gasteiger partial charge in [-0.15, -0.1) is 0 Å². The van der Waals surface area contributed by atoms with Gasteiger partial charge in [0.2, 0.25) is 0 Å². The summed E-state index contributed by atoms with van der Waals surface area (Å²) >= 11 is 5.69. The lowest BCUT2D eigenvalue weighted by molar-refractivity contribution is 0.436. The van der Waals surface area contributed by atoms with Crippen molar-refractivity contribution in [3.8, 4) is 11.1 Å². The molecule has 0 spiro atoms. The second-order valence-corrected chi connectivity index (χ2v) is 4.75. The molecule has 1 heterocycles. The Morgan fingerprint density at radius 3 is 2.31 bits per heavy atom. The van der Waals surface area contributed by atoms with Gasteiger partial charge in [0.05, 0.1) is 6.26 Å². The van der Waals surface area contributed by atoms with E-state index in [-0.39, 0.29) is 5.56 Å². The molecule has 0 bridgehead atoms. The molecule has 16 heavy (non-hydrogen) atoms. The quantitative estimate of drug-likeness (QED) is 0.779. The SMILES string of the molecule is O=S(=O)(F)c1occc1-c1ccc(Cl)cc1. The predicted molar refractivity (Wildman–Crippen MR) is 57.4 cm³/mol. The Kier molecular flexibility index (Phi) is 2.73. The van der Waals surface area contributed by atoms with Crippen LogP contribution in [0.15, 0.2) is 46.1 Å². The molecule has 3 nitrogen and oxygen atoms in total. The number of furan rings is 1. The largest absolute Gasteiger partial charge is 0.450 e. The highest BCUT2D eigenvalue weighted by molar-refractivity contribution is 7.86. The summed E-state index contributed by atoms with van der Waals surface area (Å²) in [5, 5.41) is -0.174. The summed E-state index contributed by atoms with van der Waals surface area (Å²) in [5.41, 5.74) is 0.702. The van der Waals surface area contributed by atoms with E-state index in [1.807, 2.05) is 0 Å². The van der Waals surface area contributed by atoms with Crippen molar-refractivity contribution in [2.45, 2.75) is 5.09 Å². The first kappa shape index (κ1) is 11.2. The van der Waals surface area contributed by atoms with Crippen LogP contribution in [0, 0.1) is 0 Å². The molecule has 0 amide bonds. The van der Waals surface area contributed by atoms with Gasteiger partial charge in [0.25, 0.3) is 5.09 Å². The van der Waals surface area contributed by atoms with Gasteiger partial charge in [0.15, 0.2) is 0 Å². The lowest BCUT2D eigenvalue weighted by Crippen LogP contribution is -1.91. The summed E-state index contributed by atoms with van der Waals surface area (Å²) in [5.74, 6) is 0. The van der Waals surface area contributed by atoms with E-state index in [1.54, 1.807) is 24.3 Å². The van der Waals surface area contributed by atoms with Crippen LogP contribution < -0.4 is 0 Å². The normalized spacial score (nSPS) is 11.6. The molecule has 84 valence electrons. The van der Waals surface area contributed by atoms with Gasteiger partial charge in [-0.2, -0.15) is 8.42 Å². The highest BCUT2D eigenvalue weighted by Crippen LogP contribution is 2.30. The molecule has 0 aliphatic carbocycles. The fraction of sp³-hybridized carbons (Fsp3) is 0. The third-order valence-electron chi connectivity index (χ3n) is 2.01. The Bertz CT molecular complexity index is 601. The zero-order chi connectivity index (χ0) is 11.8. The molecule has 0 unspecified atom stereocenters. The lowest BCUT2D eigenvalue weighted by atomic mass is 10.1. The van der Waals surface area contributed by atoms with Crippen LogP contribution in [0.25, 0.3) is 11.1 Å². The van der Waals surface area contributed by atoms with E-state index in [0.29, 0.717) is 10.6 Å². The summed E-state index contributed by atoms with van der Waals surface area (Å²) in [6.07, 6.45) is 1.12. The van der Waals surface area contributed by atoms with Crippen LogP contribution in [0.2, 0.25) is 5.02 Å². The molecule has 0 radical (unpaired) electrons. The molecule has 2 rings (SSSR count). The van der Waals surface area contributed by atoms with Crippen molar-refractivity contribution in [3.63, 3.8) is 0 Å². The highest BCUT2D eigenvalue weighted by atomic mass is 35.5. The maximum Gasteiger partial charge on any atom is 0.366 e. The molecule has 2 aromatic rings. The number of halogens is 2. The van der Waals surface area contributed by atoms with Crippen LogP contribution in [-0.2, 0) is 10.2 Å². The van der Waals surface area contributed by atoms with E-state index in [0.717, 1.165) is 6.26 Å². The van der Waals surface area contributed by atoms with Gasteiger partial charge in [-0.05, 0) is 23.8 Å². The Balaban J connectivity index is 2.58. The third kappa shape index (κ3) is 2.10. The van der Waals surface area contributed by atoms with Crippen molar-refractivity contribution in [1.29, 1.82) is 0 Å². The zero-order valence-electron chi connectivity index (χ0n) is 7.85. The van der Waals surface area contributed by atoms with Crippen molar-refractivity contribution >= 4 is 21.8 Å². The van der Waals surface area contributed by atoms with Gasteiger partial charge in [-0.1, -0.05) is 27.6 Å². The average molecular weight is 261 g/mol. The maximum absolute atomic E-state index is 12.8. The topological polar surface area (TPSA) is 47.3 Å². The number of hydrogen-bond donors (Lipinski definition) is 0. The Labute approximate surface area is 96.7 Å². The summed E-state index contributed by atoms with van der Waals surface area (Å²) < 4.78 is 39.0. The van der Waals surface area contributed by atoms with E-state index < -0.39 is 15.3 Å². The fourth-order valence-corrected chi connectivity index (χ4v) is 2.07. The minimum Gasteiger partial charge on any atom is -0.450 e. The second-order valence-electron chi connectivity index (χ2n) is 3.07. The molecule has 0 saturated heterocycles. The number of benzene rings is 1. The molecule has 0 fully saturated rings. The first-order valence-electron chi connectivity index (χ1n) is 4.26. The van der Waals surface area contributed by atoms with Crippen LogP contribution in [0.1, 0.15) is 0 Å². The lowest BCUT2D eigenvalue weighted by Gasteiger charge is -1.99. The zero-order valence-corrected chi connectivity index (χ0v) is 9.43. The van der Waals surface area contributed by atoms with Gasteiger partial charge in [-0.25, -0.2) is 0 Å².